The van der Waals surface area contributed by atoms with Crippen molar-refractivity contribution >= 4 is 16.9 Å². The minimum Gasteiger partial charge on any atom is -0.493 e. The summed E-state index contributed by atoms with van der Waals surface area (Å²) in [7, 11) is 0. The van der Waals surface area contributed by atoms with Crippen molar-refractivity contribution in [1.82, 2.24) is 0 Å². The monoisotopic (exact) mass is 612 g/mol. The summed E-state index contributed by atoms with van der Waals surface area (Å²) in [6.07, 6.45) is -1.56. The SMILES string of the molecule is C.C=CC(=O)OCCCC(F)(F)CCCOc1ccc2cc(-c3ccc(CCCCC)cc3OC(F)(F)F)c(=O)oc2c1. The second-order valence-corrected chi connectivity index (χ2v) is 9.77. The van der Waals surface area contributed by atoms with Gasteiger partial charge in [0.25, 0.3) is 0 Å². The second-order valence-electron chi connectivity index (χ2n) is 9.77. The van der Waals surface area contributed by atoms with Gasteiger partial charge in [-0.1, -0.05) is 45.9 Å². The van der Waals surface area contributed by atoms with Crippen molar-refractivity contribution in [3.8, 4) is 22.6 Å². The summed E-state index contributed by atoms with van der Waals surface area (Å²) in [6.45, 7) is 5.10. The van der Waals surface area contributed by atoms with Gasteiger partial charge in [0, 0.05) is 35.9 Å². The van der Waals surface area contributed by atoms with Crippen LogP contribution in [0.4, 0.5) is 22.0 Å². The highest BCUT2D eigenvalue weighted by atomic mass is 19.4. The molecule has 0 unspecified atom stereocenters. The Morgan fingerprint density at radius 2 is 1.65 bits per heavy atom. The fraction of sp³-hybridized carbons (Fsp3) is 0.438. The summed E-state index contributed by atoms with van der Waals surface area (Å²) in [5, 5.41) is 0.422. The van der Waals surface area contributed by atoms with Gasteiger partial charge in [0.2, 0.25) is 5.92 Å². The summed E-state index contributed by atoms with van der Waals surface area (Å²) in [5.74, 6) is -3.84. The molecule has 0 radical (unpaired) electrons. The molecule has 1 heterocycles. The molecule has 0 saturated heterocycles. The van der Waals surface area contributed by atoms with E-state index in [1.165, 1.54) is 24.3 Å². The van der Waals surface area contributed by atoms with Gasteiger partial charge in [-0.05, 0) is 55.5 Å². The quantitative estimate of drug-likeness (QED) is 0.0528. The van der Waals surface area contributed by atoms with Gasteiger partial charge >= 0.3 is 18.0 Å². The van der Waals surface area contributed by atoms with E-state index >= 15 is 0 Å². The Balaban J connectivity index is 0.00000645. The number of esters is 1. The van der Waals surface area contributed by atoms with Crippen molar-refractivity contribution in [2.24, 2.45) is 0 Å². The summed E-state index contributed by atoms with van der Waals surface area (Å²) in [6, 6.07) is 10.3. The van der Waals surface area contributed by atoms with E-state index < -0.39 is 42.5 Å². The maximum atomic E-state index is 14.1. The highest BCUT2D eigenvalue weighted by Crippen LogP contribution is 2.35. The van der Waals surface area contributed by atoms with E-state index in [0.29, 0.717) is 17.4 Å². The Labute approximate surface area is 247 Å². The van der Waals surface area contributed by atoms with Gasteiger partial charge in [0.1, 0.15) is 17.1 Å². The predicted molar refractivity (Wildman–Crippen MR) is 155 cm³/mol. The predicted octanol–water partition coefficient (Wildman–Crippen LogP) is 9.03. The largest absolute Gasteiger partial charge is 0.573 e. The molecule has 6 nitrogen and oxygen atoms in total. The molecule has 0 aliphatic heterocycles. The average Bonchev–Trinajstić information content (AvgIpc) is 2.92. The molecule has 1 aromatic heterocycles. The first-order chi connectivity index (χ1) is 19.9. The van der Waals surface area contributed by atoms with Crippen molar-refractivity contribution in [3.05, 3.63) is 71.1 Å². The summed E-state index contributed by atoms with van der Waals surface area (Å²) in [5.41, 5.74) is -0.247. The topological polar surface area (TPSA) is 75.0 Å². The van der Waals surface area contributed by atoms with E-state index in [-0.39, 0.29) is 55.9 Å². The molecule has 0 atom stereocenters. The van der Waals surface area contributed by atoms with Gasteiger partial charge in [-0.15, -0.1) is 13.2 Å². The Kier molecular flexibility index (Phi) is 13.2. The first-order valence-electron chi connectivity index (χ1n) is 13.7. The number of hydrogen-bond acceptors (Lipinski definition) is 6. The molecule has 11 heteroatoms. The van der Waals surface area contributed by atoms with Gasteiger partial charge in [-0.2, -0.15) is 0 Å². The van der Waals surface area contributed by atoms with E-state index in [0.717, 1.165) is 25.3 Å². The Hall–Kier alpha value is -3.89. The Morgan fingerprint density at radius 1 is 0.930 bits per heavy atom. The lowest BCUT2D eigenvalue weighted by Crippen LogP contribution is -2.18. The normalized spacial score (nSPS) is 11.6. The molecule has 3 aromatic rings. The zero-order chi connectivity index (χ0) is 30.8. The molecule has 0 spiro atoms. The molecule has 0 N–H and O–H groups in total. The van der Waals surface area contributed by atoms with Gasteiger partial charge in [-0.25, -0.2) is 18.4 Å². The number of hydrogen-bond donors (Lipinski definition) is 0. The van der Waals surface area contributed by atoms with Crippen LogP contribution in [0, 0.1) is 0 Å². The standard InChI is InChI=1S/C31H33F5O6.CH4/c1-3-5-6-9-21-10-13-24(27(18-21)42-31(34,35)36)25-19-22-11-12-23(20-26(22)41-29(25)38)39-16-7-14-30(32,33)15-8-17-40-28(37)4-2;/h4,10-13,18-20H,2-3,5-9,14-17H2,1H3;1H4. The van der Waals surface area contributed by atoms with Crippen LogP contribution in [-0.2, 0) is 16.0 Å². The van der Waals surface area contributed by atoms with Gasteiger partial charge < -0.3 is 18.6 Å². The second kappa shape index (κ2) is 16.1. The molecule has 2 aromatic carbocycles. The van der Waals surface area contributed by atoms with Crippen LogP contribution >= 0.6 is 0 Å². The zero-order valence-corrected chi connectivity index (χ0v) is 23.2. The smallest absolute Gasteiger partial charge is 0.493 e. The number of aryl methyl sites for hydroxylation is 1. The van der Waals surface area contributed by atoms with E-state index in [9.17, 15) is 31.5 Å². The van der Waals surface area contributed by atoms with E-state index in [2.05, 4.69) is 11.3 Å². The number of halogens is 5. The van der Waals surface area contributed by atoms with Crippen LogP contribution in [0.3, 0.4) is 0 Å². The molecule has 3 rings (SSSR count). The third-order valence-corrected chi connectivity index (χ3v) is 6.39. The molecule has 0 amide bonds. The number of alkyl halides is 5. The minimum atomic E-state index is -4.95. The van der Waals surface area contributed by atoms with Crippen LogP contribution in [0.2, 0.25) is 0 Å². The van der Waals surface area contributed by atoms with Crippen molar-refractivity contribution in [1.29, 1.82) is 0 Å². The maximum Gasteiger partial charge on any atom is 0.573 e. The van der Waals surface area contributed by atoms with Crippen molar-refractivity contribution in [2.45, 2.75) is 78.0 Å². The number of carbonyl (C=O) groups excluding carboxylic acids is 1. The van der Waals surface area contributed by atoms with Gasteiger partial charge in [-0.3, -0.25) is 0 Å². The number of benzene rings is 2. The van der Waals surface area contributed by atoms with Crippen LogP contribution in [0.25, 0.3) is 22.1 Å². The first-order valence-corrected chi connectivity index (χ1v) is 13.7. The lowest BCUT2D eigenvalue weighted by atomic mass is 10.00. The number of fused-ring (bicyclic) bond motifs is 1. The maximum absolute atomic E-state index is 14.1. The number of rotatable bonds is 16. The summed E-state index contributed by atoms with van der Waals surface area (Å²) < 4.78 is 87.5. The molecule has 236 valence electrons. The van der Waals surface area contributed by atoms with Crippen molar-refractivity contribution in [3.63, 3.8) is 0 Å². The van der Waals surface area contributed by atoms with E-state index in [1.807, 2.05) is 6.92 Å². The molecular weight excluding hydrogens is 575 g/mol. The van der Waals surface area contributed by atoms with Gasteiger partial charge in [0.15, 0.2) is 0 Å². The van der Waals surface area contributed by atoms with Crippen LogP contribution < -0.4 is 15.1 Å². The highest BCUT2D eigenvalue weighted by Gasteiger charge is 2.33. The Bertz CT molecular complexity index is 1410. The number of unbranched alkanes of at least 4 members (excludes halogenated alkanes) is 2. The average molecular weight is 613 g/mol. The lowest BCUT2D eigenvalue weighted by Gasteiger charge is -2.16. The minimum absolute atomic E-state index is 0. The molecule has 43 heavy (non-hydrogen) atoms. The summed E-state index contributed by atoms with van der Waals surface area (Å²) >= 11 is 0. The molecular formula is C32H37F5O6. The van der Waals surface area contributed by atoms with E-state index in [1.54, 1.807) is 18.2 Å². The van der Waals surface area contributed by atoms with Crippen LogP contribution in [0.15, 0.2) is 64.3 Å². The molecule has 0 bridgehead atoms. The van der Waals surface area contributed by atoms with Crippen molar-refractivity contribution in [2.75, 3.05) is 13.2 Å². The van der Waals surface area contributed by atoms with Crippen LogP contribution in [0.5, 0.6) is 11.5 Å². The number of ether oxygens (including phenoxy) is 3. The van der Waals surface area contributed by atoms with Crippen LogP contribution in [0.1, 0.15) is 64.9 Å². The van der Waals surface area contributed by atoms with Gasteiger partial charge in [0.05, 0.1) is 18.8 Å². The fourth-order valence-electron chi connectivity index (χ4n) is 4.31. The first kappa shape index (κ1) is 35.3. The third-order valence-electron chi connectivity index (χ3n) is 6.39. The fourth-order valence-corrected chi connectivity index (χ4v) is 4.31. The summed E-state index contributed by atoms with van der Waals surface area (Å²) in [4.78, 5) is 23.8. The highest BCUT2D eigenvalue weighted by molar-refractivity contribution is 5.84. The molecule has 0 saturated carbocycles. The molecule has 0 fully saturated rings. The number of carbonyl (C=O) groups is 1. The van der Waals surface area contributed by atoms with Crippen LogP contribution in [-0.4, -0.2) is 31.5 Å². The third kappa shape index (κ3) is 11.4. The molecule has 0 aliphatic carbocycles. The zero-order valence-electron chi connectivity index (χ0n) is 23.2. The van der Waals surface area contributed by atoms with Crippen molar-refractivity contribution < 1.29 is 45.4 Å². The lowest BCUT2D eigenvalue weighted by molar-refractivity contribution is -0.274. The van der Waals surface area contributed by atoms with E-state index in [4.69, 9.17) is 13.9 Å². The Morgan fingerprint density at radius 3 is 2.33 bits per heavy atom. The molecule has 0 aliphatic rings.